The van der Waals surface area contributed by atoms with Gasteiger partial charge in [0.15, 0.2) is 0 Å². The number of imidazole rings is 1. The van der Waals surface area contributed by atoms with Crippen LogP contribution >= 0.6 is 0 Å². The van der Waals surface area contributed by atoms with Crippen LogP contribution in [0.3, 0.4) is 0 Å². The van der Waals surface area contributed by atoms with Crippen molar-refractivity contribution in [3.05, 3.63) is 77.6 Å². The Labute approximate surface area is 172 Å². The summed E-state index contributed by atoms with van der Waals surface area (Å²) in [4.78, 5) is 8.11. The van der Waals surface area contributed by atoms with Crippen molar-refractivity contribution in [1.82, 2.24) is 9.97 Å². The smallest absolute Gasteiger partial charge is 0.119 e. The molecule has 2 N–H and O–H groups in total. The van der Waals surface area contributed by atoms with E-state index in [-0.39, 0.29) is 0 Å². The minimum Gasteiger partial charge on any atom is -0.494 e. The van der Waals surface area contributed by atoms with Gasteiger partial charge >= 0.3 is 0 Å². The molecular weight excluding hydrogens is 358 g/mol. The number of anilines is 1. The second kappa shape index (κ2) is 8.39. The number of ether oxygens (including phenoxy) is 1. The van der Waals surface area contributed by atoms with Crippen molar-refractivity contribution in [2.24, 2.45) is 0 Å². The molecule has 0 atom stereocenters. The van der Waals surface area contributed by atoms with E-state index >= 15 is 0 Å². The third-order valence-corrected chi connectivity index (χ3v) is 5.14. The number of benzene rings is 3. The number of fused-ring (bicyclic) bond motifs is 1. The zero-order chi connectivity index (χ0) is 20.2. The molecule has 0 radical (unpaired) electrons. The van der Waals surface area contributed by atoms with E-state index in [1.165, 1.54) is 11.1 Å². The van der Waals surface area contributed by atoms with Gasteiger partial charge in [-0.3, -0.25) is 0 Å². The molecule has 0 spiro atoms. The summed E-state index contributed by atoms with van der Waals surface area (Å²) in [6.45, 7) is 7.60. The summed E-state index contributed by atoms with van der Waals surface area (Å²) < 4.78 is 5.61. The molecule has 1 heterocycles. The SMILES string of the molecule is CCOc1ccc(-c2c(NCc3ccc(CC)cc3)ccc3[nH]c(C)nc23)cc1. The summed E-state index contributed by atoms with van der Waals surface area (Å²) in [5.41, 5.74) is 7.96. The quantitative estimate of drug-likeness (QED) is 0.403. The van der Waals surface area contributed by atoms with E-state index in [1.54, 1.807) is 0 Å². The number of H-pyrrole nitrogens is 1. The van der Waals surface area contributed by atoms with Gasteiger partial charge in [0.1, 0.15) is 11.6 Å². The maximum atomic E-state index is 5.61. The van der Waals surface area contributed by atoms with Gasteiger partial charge in [-0.25, -0.2) is 4.98 Å². The van der Waals surface area contributed by atoms with Crippen molar-refractivity contribution in [3.8, 4) is 16.9 Å². The summed E-state index contributed by atoms with van der Waals surface area (Å²) in [5.74, 6) is 1.80. The van der Waals surface area contributed by atoms with Gasteiger partial charge < -0.3 is 15.0 Å². The third-order valence-electron chi connectivity index (χ3n) is 5.14. The highest BCUT2D eigenvalue weighted by atomic mass is 16.5. The molecular formula is C25H27N3O. The number of hydrogen-bond acceptors (Lipinski definition) is 3. The first kappa shape index (κ1) is 19.1. The highest BCUT2D eigenvalue weighted by Gasteiger charge is 2.13. The minimum absolute atomic E-state index is 0.664. The molecule has 3 aromatic carbocycles. The fourth-order valence-corrected chi connectivity index (χ4v) is 3.61. The number of nitrogens with one attached hydrogen (secondary N) is 2. The Hall–Kier alpha value is -3.27. The van der Waals surface area contributed by atoms with Crippen LogP contribution in [0.25, 0.3) is 22.2 Å². The Kier molecular flexibility index (Phi) is 5.52. The van der Waals surface area contributed by atoms with Gasteiger partial charge in [0, 0.05) is 17.8 Å². The average molecular weight is 386 g/mol. The number of aromatic amines is 1. The van der Waals surface area contributed by atoms with Crippen LogP contribution in [0.1, 0.15) is 30.8 Å². The first-order chi connectivity index (χ1) is 14.2. The molecule has 0 aliphatic heterocycles. The summed E-state index contributed by atoms with van der Waals surface area (Å²) >= 11 is 0. The molecule has 0 saturated carbocycles. The number of nitrogens with zero attached hydrogens (tertiary/aromatic N) is 1. The van der Waals surface area contributed by atoms with Crippen molar-refractivity contribution >= 4 is 16.7 Å². The summed E-state index contributed by atoms with van der Waals surface area (Å²) in [7, 11) is 0. The Balaban J connectivity index is 1.69. The van der Waals surface area contributed by atoms with E-state index in [9.17, 15) is 0 Å². The standard InChI is InChI=1S/C25H27N3O/c1-4-18-6-8-19(9-7-18)16-26-22-14-15-23-25(28-17(3)27-23)24(22)20-10-12-21(13-11-20)29-5-2/h6-15,26H,4-5,16H2,1-3H3,(H,27,28). The number of aromatic nitrogens is 2. The van der Waals surface area contributed by atoms with E-state index in [0.29, 0.717) is 6.61 Å². The van der Waals surface area contributed by atoms with Gasteiger partial charge in [-0.1, -0.05) is 43.3 Å². The van der Waals surface area contributed by atoms with E-state index in [1.807, 2.05) is 26.0 Å². The lowest BCUT2D eigenvalue weighted by Gasteiger charge is -2.14. The molecule has 4 nitrogen and oxygen atoms in total. The zero-order valence-electron chi connectivity index (χ0n) is 17.3. The highest BCUT2D eigenvalue weighted by molar-refractivity contribution is 5.99. The van der Waals surface area contributed by atoms with E-state index in [2.05, 4.69) is 65.8 Å². The lowest BCUT2D eigenvalue weighted by Crippen LogP contribution is -2.02. The Morgan fingerprint density at radius 3 is 2.31 bits per heavy atom. The molecule has 0 bridgehead atoms. The molecule has 0 unspecified atom stereocenters. The topological polar surface area (TPSA) is 49.9 Å². The second-order valence-corrected chi connectivity index (χ2v) is 7.19. The predicted octanol–water partition coefficient (Wildman–Crippen LogP) is 6.11. The zero-order valence-corrected chi connectivity index (χ0v) is 17.3. The molecule has 0 saturated heterocycles. The number of hydrogen-bond donors (Lipinski definition) is 2. The third kappa shape index (κ3) is 4.11. The second-order valence-electron chi connectivity index (χ2n) is 7.19. The van der Waals surface area contributed by atoms with Crippen LogP contribution in [-0.2, 0) is 13.0 Å². The molecule has 1 aromatic heterocycles. The minimum atomic E-state index is 0.664. The van der Waals surface area contributed by atoms with Crippen LogP contribution in [0.4, 0.5) is 5.69 Å². The van der Waals surface area contributed by atoms with Crippen molar-refractivity contribution in [3.63, 3.8) is 0 Å². The average Bonchev–Trinajstić information content (AvgIpc) is 3.13. The lowest BCUT2D eigenvalue weighted by atomic mass is 10.0. The van der Waals surface area contributed by atoms with Gasteiger partial charge in [-0.05, 0) is 61.2 Å². The van der Waals surface area contributed by atoms with E-state index in [4.69, 9.17) is 9.72 Å². The van der Waals surface area contributed by atoms with E-state index < -0.39 is 0 Å². The molecule has 4 rings (SSSR count). The highest BCUT2D eigenvalue weighted by Crippen LogP contribution is 2.35. The van der Waals surface area contributed by atoms with Crippen LogP contribution < -0.4 is 10.1 Å². The predicted molar refractivity (Wildman–Crippen MR) is 121 cm³/mol. The molecule has 0 aliphatic carbocycles. The van der Waals surface area contributed by atoms with Crippen molar-refractivity contribution in [1.29, 1.82) is 0 Å². The largest absolute Gasteiger partial charge is 0.494 e. The Morgan fingerprint density at radius 2 is 1.62 bits per heavy atom. The van der Waals surface area contributed by atoms with Crippen LogP contribution in [0.5, 0.6) is 5.75 Å². The van der Waals surface area contributed by atoms with E-state index in [0.717, 1.165) is 52.4 Å². The maximum Gasteiger partial charge on any atom is 0.119 e. The van der Waals surface area contributed by atoms with Gasteiger partial charge in [0.25, 0.3) is 0 Å². The van der Waals surface area contributed by atoms with Gasteiger partial charge in [0.2, 0.25) is 0 Å². The maximum absolute atomic E-state index is 5.61. The molecule has 0 aliphatic rings. The molecule has 0 amide bonds. The Bertz CT molecular complexity index is 1100. The fourth-order valence-electron chi connectivity index (χ4n) is 3.61. The first-order valence-electron chi connectivity index (χ1n) is 10.2. The molecule has 0 fully saturated rings. The summed E-state index contributed by atoms with van der Waals surface area (Å²) in [5, 5.41) is 3.62. The number of aryl methyl sites for hydroxylation is 2. The Morgan fingerprint density at radius 1 is 0.897 bits per heavy atom. The lowest BCUT2D eigenvalue weighted by molar-refractivity contribution is 0.340. The van der Waals surface area contributed by atoms with Crippen molar-refractivity contribution in [2.75, 3.05) is 11.9 Å². The first-order valence-corrected chi connectivity index (χ1v) is 10.2. The van der Waals surface area contributed by atoms with Crippen LogP contribution in [0, 0.1) is 6.92 Å². The molecule has 29 heavy (non-hydrogen) atoms. The van der Waals surface area contributed by atoms with Crippen molar-refractivity contribution in [2.45, 2.75) is 33.7 Å². The fraction of sp³-hybridized carbons (Fsp3) is 0.240. The molecule has 4 heteroatoms. The molecule has 148 valence electrons. The van der Waals surface area contributed by atoms with Gasteiger partial charge in [0.05, 0.1) is 17.6 Å². The molecule has 4 aromatic rings. The monoisotopic (exact) mass is 385 g/mol. The van der Waals surface area contributed by atoms with Gasteiger partial charge in [-0.15, -0.1) is 0 Å². The van der Waals surface area contributed by atoms with Crippen LogP contribution in [0.2, 0.25) is 0 Å². The van der Waals surface area contributed by atoms with Crippen LogP contribution in [-0.4, -0.2) is 16.6 Å². The number of rotatable bonds is 7. The van der Waals surface area contributed by atoms with Crippen LogP contribution in [0.15, 0.2) is 60.7 Å². The summed E-state index contributed by atoms with van der Waals surface area (Å²) in [6.07, 6.45) is 1.06. The summed E-state index contributed by atoms with van der Waals surface area (Å²) in [6, 6.07) is 21.3. The van der Waals surface area contributed by atoms with Gasteiger partial charge in [-0.2, -0.15) is 0 Å². The normalized spacial score (nSPS) is 11.0. The van der Waals surface area contributed by atoms with Crippen molar-refractivity contribution < 1.29 is 4.74 Å².